The molecule has 0 radical (unpaired) electrons. The third kappa shape index (κ3) is 2.26. The van der Waals surface area contributed by atoms with Crippen molar-refractivity contribution in [2.24, 2.45) is 0 Å². The fraction of sp³-hybridized carbons (Fsp3) is 0.158. The van der Waals surface area contributed by atoms with Crippen LogP contribution in [0.15, 0.2) is 48.2 Å². The quantitative estimate of drug-likeness (QED) is 0.516. The highest BCUT2D eigenvalue weighted by Crippen LogP contribution is 2.33. The van der Waals surface area contributed by atoms with Crippen molar-refractivity contribution in [3.05, 3.63) is 64.9 Å². The number of fused-ring (bicyclic) bond motifs is 1. The molecule has 4 aromatic rings. The molecular weight excluding hydrogens is 302 g/mol. The van der Waals surface area contributed by atoms with Crippen LogP contribution in [0.25, 0.3) is 27.3 Å². The molecule has 4 rings (SSSR count). The molecular formula is C19H17N3S. The Labute approximate surface area is 139 Å². The van der Waals surface area contributed by atoms with Crippen LogP contribution in [0.3, 0.4) is 0 Å². The van der Waals surface area contributed by atoms with Gasteiger partial charge in [-0.05, 0) is 44.0 Å². The molecule has 2 aromatic heterocycles. The van der Waals surface area contributed by atoms with Crippen LogP contribution >= 0.6 is 11.3 Å². The van der Waals surface area contributed by atoms with Gasteiger partial charge >= 0.3 is 0 Å². The Morgan fingerprint density at radius 2 is 1.78 bits per heavy atom. The third-order valence-corrected chi connectivity index (χ3v) is 4.99. The van der Waals surface area contributed by atoms with Gasteiger partial charge in [-0.3, -0.25) is 4.57 Å². The number of thiazole rings is 1. The van der Waals surface area contributed by atoms with Gasteiger partial charge in [0.15, 0.2) is 0 Å². The molecule has 0 saturated heterocycles. The largest absolute Gasteiger partial charge is 0.299 e. The Morgan fingerprint density at radius 3 is 2.57 bits per heavy atom. The summed E-state index contributed by atoms with van der Waals surface area (Å²) in [5.41, 5.74) is 9.08. The summed E-state index contributed by atoms with van der Waals surface area (Å²) in [6.45, 7) is 6.45. The molecule has 0 N–H and O–H groups in total. The summed E-state index contributed by atoms with van der Waals surface area (Å²) in [5, 5.41) is 0. The predicted molar refractivity (Wildman–Crippen MR) is 96.4 cm³/mol. The first-order chi connectivity index (χ1) is 11.1. The molecule has 0 aliphatic carbocycles. The molecule has 0 bridgehead atoms. The summed E-state index contributed by atoms with van der Waals surface area (Å²) in [6, 6.07) is 10.7. The lowest BCUT2D eigenvalue weighted by Gasteiger charge is -2.15. The van der Waals surface area contributed by atoms with Crippen molar-refractivity contribution in [3.63, 3.8) is 0 Å². The molecule has 0 saturated carbocycles. The van der Waals surface area contributed by atoms with Gasteiger partial charge in [0, 0.05) is 18.0 Å². The van der Waals surface area contributed by atoms with Gasteiger partial charge in [-0.1, -0.05) is 23.8 Å². The van der Waals surface area contributed by atoms with Crippen LogP contribution in [0.2, 0.25) is 0 Å². The fourth-order valence-corrected chi connectivity index (χ4v) is 4.10. The highest BCUT2D eigenvalue weighted by atomic mass is 32.1. The van der Waals surface area contributed by atoms with Crippen molar-refractivity contribution in [2.45, 2.75) is 20.8 Å². The average molecular weight is 319 g/mol. The molecule has 0 aliphatic heterocycles. The van der Waals surface area contributed by atoms with Crippen molar-refractivity contribution in [2.75, 3.05) is 0 Å². The molecule has 23 heavy (non-hydrogen) atoms. The van der Waals surface area contributed by atoms with Gasteiger partial charge in [0.25, 0.3) is 0 Å². The van der Waals surface area contributed by atoms with Crippen LogP contribution in [0.5, 0.6) is 0 Å². The predicted octanol–water partition coefficient (Wildman–Crippen LogP) is 5.07. The summed E-state index contributed by atoms with van der Waals surface area (Å²) in [5.74, 6) is 0.968. The molecule has 0 spiro atoms. The Bertz CT molecular complexity index is 987. The zero-order chi connectivity index (χ0) is 16.0. The van der Waals surface area contributed by atoms with Crippen LogP contribution in [0, 0.1) is 20.8 Å². The van der Waals surface area contributed by atoms with Gasteiger partial charge in [0.1, 0.15) is 5.82 Å². The van der Waals surface area contributed by atoms with E-state index in [0.717, 1.165) is 16.9 Å². The minimum Gasteiger partial charge on any atom is -0.299 e. The summed E-state index contributed by atoms with van der Waals surface area (Å²) in [6.07, 6.45) is 3.91. The van der Waals surface area contributed by atoms with Crippen molar-refractivity contribution < 1.29 is 0 Å². The van der Waals surface area contributed by atoms with Crippen LogP contribution < -0.4 is 0 Å². The number of hydrogen-bond donors (Lipinski definition) is 0. The minimum absolute atomic E-state index is 0.968. The molecule has 0 atom stereocenters. The standard InChI is InChI=1S/C19H17N3S/c1-12-9-13(2)17(14(3)10-12)22-8-7-20-19(22)15-5-4-6-16-18(15)23-11-21-16/h4-11H,1-3H3. The van der Waals surface area contributed by atoms with E-state index in [2.05, 4.69) is 53.5 Å². The van der Waals surface area contributed by atoms with E-state index in [1.165, 1.54) is 27.1 Å². The molecule has 114 valence electrons. The zero-order valence-corrected chi connectivity index (χ0v) is 14.2. The number of hydrogen-bond acceptors (Lipinski definition) is 3. The van der Waals surface area contributed by atoms with Crippen LogP contribution in [0.1, 0.15) is 16.7 Å². The highest BCUT2D eigenvalue weighted by molar-refractivity contribution is 7.17. The lowest BCUT2D eigenvalue weighted by Crippen LogP contribution is -2.02. The molecule has 0 fully saturated rings. The Hall–Kier alpha value is -2.46. The zero-order valence-electron chi connectivity index (χ0n) is 13.4. The van der Waals surface area contributed by atoms with Gasteiger partial charge in [-0.2, -0.15) is 0 Å². The van der Waals surface area contributed by atoms with E-state index in [1.807, 2.05) is 30.0 Å². The van der Waals surface area contributed by atoms with Crippen molar-refractivity contribution in [1.82, 2.24) is 14.5 Å². The van der Waals surface area contributed by atoms with Crippen molar-refractivity contribution in [3.8, 4) is 17.1 Å². The average Bonchev–Trinajstić information content (AvgIpc) is 3.14. The monoisotopic (exact) mass is 319 g/mol. The highest BCUT2D eigenvalue weighted by Gasteiger charge is 2.15. The smallest absolute Gasteiger partial charge is 0.145 e. The van der Waals surface area contributed by atoms with Crippen LogP contribution in [0.4, 0.5) is 0 Å². The first-order valence-electron chi connectivity index (χ1n) is 7.59. The summed E-state index contributed by atoms with van der Waals surface area (Å²) >= 11 is 1.66. The first-order valence-corrected chi connectivity index (χ1v) is 8.47. The van der Waals surface area contributed by atoms with E-state index in [4.69, 9.17) is 0 Å². The summed E-state index contributed by atoms with van der Waals surface area (Å²) in [7, 11) is 0. The van der Waals surface area contributed by atoms with Crippen molar-refractivity contribution in [1.29, 1.82) is 0 Å². The van der Waals surface area contributed by atoms with Gasteiger partial charge in [-0.25, -0.2) is 9.97 Å². The number of aryl methyl sites for hydroxylation is 3. The topological polar surface area (TPSA) is 30.7 Å². The van der Waals surface area contributed by atoms with Crippen molar-refractivity contribution >= 4 is 21.6 Å². The van der Waals surface area contributed by atoms with E-state index < -0.39 is 0 Å². The fourth-order valence-electron chi connectivity index (χ4n) is 3.30. The van der Waals surface area contributed by atoms with Gasteiger partial charge < -0.3 is 0 Å². The second-order valence-corrected chi connectivity index (χ2v) is 6.73. The molecule has 0 amide bonds. The summed E-state index contributed by atoms with van der Waals surface area (Å²) in [4.78, 5) is 9.06. The van der Waals surface area contributed by atoms with E-state index in [9.17, 15) is 0 Å². The maximum atomic E-state index is 4.64. The maximum absolute atomic E-state index is 4.64. The second kappa shape index (κ2) is 5.32. The second-order valence-electron chi connectivity index (χ2n) is 5.87. The Morgan fingerprint density at radius 1 is 1.00 bits per heavy atom. The lowest BCUT2D eigenvalue weighted by molar-refractivity contribution is 1.03. The number of imidazole rings is 1. The van der Waals surface area contributed by atoms with E-state index in [-0.39, 0.29) is 0 Å². The van der Waals surface area contributed by atoms with E-state index in [0.29, 0.717) is 0 Å². The van der Waals surface area contributed by atoms with Crippen LogP contribution in [-0.4, -0.2) is 14.5 Å². The maximum Gasteiger partial charge on any atom is 0.145 e. The molecule has 2 heterocycles. The molecule has 0 aliphatic rings. The summed E-state index contributed by atoms with van der Waals surface area (Å²) < 4.78 is 3.38. The third-order valence-electron chi connectivity index (χ3n) is 4.11. The van der Waals surface area contributed by atoms with Gasteiger partial charge in [-0.15, -0.1) is 11.3 Å². The molecule has 4 heteroatoms. The van der Waals surface area contributed by atoms with E-state index >= 15 is 0 Å². The lowest BCUT2D eigenvalue weighted by atomic mass is 10.0. The minimum atomic E-state index is 0.968. The van der Waals surface area contributed by atoms with Gasteiger partial charge in [0.2, 0.25) is 0 Å². The SMILES string of the molecule is Cc1cc(C)c(-n2ccnc2-c2cccc3ncsc23)c(C)c1. The Kier molecular flexibility index (Phi) is 3.27. The van der Waals surface area contributed by atoms with Gasteiger partial charge in [0.05, 0.1) is 21.4 Å². The first kappa shape index (κ1) is 14.2. The number of rotatable bonds is 2. The normalized spacial score (nSPS) is 11.3. The molecule has 0 unspecified atom stereocenters. The van der Waals surface area contributed by atoms with Crippen LogP contribution in [-0.2, 0) is 0 Å². The number of aromatic nitrogens is 3. The number of nitrogens with zero attached hydrogens (tertiary/aromatic N) is 3. The molecule has 3 nitrogen and oxygen atoms in total. The Balaban J connectivity index is 1.99. The number of benzene rings is 2. The van der Waals surface area contributed by atoms with E-state index in [1.54, 1.807) is 11.3 Å². The molecule has 2 aromatic carbocycles.